The predicted octanol–water partition coefficient (Wildman–Crippen LogP) is 7.95. The maximum atomic E-state index is 16.3. The van der Waals surface area contributed by atoms with Crippen LogP contribution in [0, 0.1) is 17.6 Å². The normalized spacial score (nSPS) is 19.1. The van der Waals surface area contributed by atoms with Crippen molar-refractivity contribution in [1.82, 2.24) is 29.7 Å². The van der Waals surface area contributed by atoms with Gasteiger partial charge in [-0.3, -0.25) is 9.36 Å². The summed E-state index contributed by atoms with van der Waals surface area (Å²) in [6.07, 6.45) is 5.55. The van der Waals surface area contributed by atoms with Crippen molar-refractivity contribution in [3.05, 3.63) is 75.1 Å². The zero-order valence-corrected chi connectivity index (χ0v) is 28.5. The number of H-pyrrole nitrogens is 1. The summed E-state index contributed by atoms with van der Waals surface area (Å²) in [6, 6.07) is 6.80. The summed E-state index contributed by atoms with van der Waals surface area (Å²) in [5, 5.41) is 4.30. The molecule has 0 bridgehead atoms. The van der Waals surface area contributed by atoms with E-state index in [-0.39, 0.29) is 40.3 Å². The minimum Gasteiger partial charge on any atom is -0.464 e. The Kier molecular flexibility index (Phi) is 7.86. The van der Waals surface area contributed by atoms with Gasteiger partial charge in [0.2, 0.25) is 12.1 Å². The lowest BCUT2D eigenvalue weighted by molar-refractivity contribution is -0.135. The number of hydrogen-bond donors (Lipinski definition) is 2. The van der Waals surface area contributed by atoms with Gasteiger partial charge in [0.25, 0.3) is 0 Å². The molecule has 2 aromatic carbocycles. The largest absolute Gasteiger partial charge is 0.464 e. The molecule has 49 heavy (non-hydrogen) atoms. The first-order valence-electron chi connectivity index (χ1n) is 16.3. The average molecular weight is 707 g/mol. The maximum Gasteiger partial charge on any atom is 0.407 e. The molecule has 5 aromatic rings. The van der Waals surface area contributed by atoms with E-state index in [1.807, 2.05) is 13.8 Å². The molecule has 2 aliphatic heterocycles. The zero-order valence-electron chi connectivity index (χ0n) is 26.9. The van der Waals surface area contributed by atoms with Crippen molar-refractivity contribution >= 4 is 45.8 Å². The number of rotatable bonds is 7. The number of alkyl carbamates (subject to hydrolysis) is 1. The van der Waals surface area contributed by atoms with Crippen LogP contribution in [0.1, 0.15) is 73.4 Å². The van der Waals surface area contributed by atoms with Gasteiger partial charge in [-0.2, -0.15) is 0 Å². The highest BCUT2D eigenvalue weighted by Crippen LogP contribution is 2.50. The first-order chi connectivity index (χ1) is 23.6. The molecule has 0 radical (unpaired) electrons. The fraction of sp³-hybridized carbons (Fsp3) is 0.371. The second-order valence-corrected chi connectivity index (χ2v) is 14.6. The van der Waals surface area contributed by atoms with E-state index in [9.17, 15) is 9.59 Å². The molecule has 5 heterocycles. The Hall–Kier alpha value is -4.49. The lowest BCUT2D eigenvalue weighted by Gasteiger charge is -2.30. The van der Waals surface area contributed by atoms with Gasteiger partial charge in [0.05, 0.1) is 45.5 Å². The molecule has 3 aliphatic rings. The van der Waals surface area contributed by atoms with Crippen LogP contribution in [0.15, 0.2) is 42.7 Å². The third kappa shape index (κ3) is 5.43. The Balaban J connectivity index is 1.16. The number of amides is 2. The first kappa shape index (κ1) is 31.8. The van der Waals surface area contributed by atoms with Crippen molar-refractivity contribution in [2.45, 2.75) is 63.8 Å². The molecule has 8 rings (SSSR count). The van der Waals surface area contributed by atoms with E-state index in [2.05, 4.69) is 15.3 Å². The standard InChI is InChI=1S/C35H33ClF2N6O4S/c1-16(2)29(42-35(46)47-3)33(45)43-10-4-5-24(43)31-39-14-22(41-31)18-11-21(37)27-25(12-18)48-34(26-15-40-32(49-26)17-6-7-17)44-23-9-8-19(36)13-20(23)28(38)30(27)44/h8-9,11-17,24,29,34H,4-7,10H2,1-3H3,(H,39,41)(H,42,46)/t24-,29-,34?/m0/s1. The second kappa shape index (κ2) is 12.1. The number of fused-ring (bicyclic) bond motifs is 5. The topological polar surface area (TPSA) is 114 Å². The van der Waals surface area contributed by atoms with Gasteiger partial charge in [0.1, 0.15) is 23.4 Å². The van der Waals surface area contributed by atoms with Crippen LogP contribution in [0.25, 0.3) is 33.4 Å². The molecule has 3 atom stereocenters. The van der Waals surface area contributed by atoms with Crippen molar-refractivity contribution < 1.29 is 27.8 Å². The van der Waals surface area contributed by atoms with Crippen LogP contribution in [0.4, 0.5) is 13.6 Å². The molecular weight excluding hydrogens is 674 g/mol. The second-order valence-electron chi connectivity index (χ2n) is 13.1. The van der Waals surface area contributed by atoms with Crippen LogP contribution in [0.5, 0.6) is 5.75 Å². The molecule has 2 amide bonds. The fourth-order valence-electron chi connectivity index (χ4n) is 6.91. The SMILES string of the molecule is COC(=O)N[C@H](C(=O)N1CCC[C@H]1c1nc(-c2cc(F)c3c(c2)OC(c2cnc(C4CC4)s2)n2c-3c(F)c3cc(Cl)ccc32)c[nH]1)C(C)C. The van der Waals surface area contributed by atoms with Crippen LogP contribution >= 0.6 is 22.9 Å². The van der Waals surface area contributed by atoms with E-state index in [0.29, 0.717) is 46.5 Å². The number of hydrogen-bond acceptors (Lipinski definition) is 7. The molecule has 0 spiro atoms. The van der Waals surface area contributed by atoms with Crippen LogP contribution in [-0.2, 0) is 9.53 Å². The number of thiazole rings is 1. The van der Waals surface area contributed by atoms with E-state index in [0.717, 1.165) is 29.1 Å². The zero-order chi connectivity index (χ0) is 34.1. The number of ether oxygens (including phenoxy) is 2. The molecule has 1 saturated carbocycles. The number of benzene rings is 2. The van der Waals surface area contributed by atoms with Gasteiger partial charge < -0.3 is 24.7 Å². The van der Waals surface area contributed by atoms with Gasteiger partial charge in [0, 0.05) is 40.8 Å². The monoisotopic (exact) mass is 706 g/mol. The Morgan fingerprint density at radius 2 is 2.00 bits per heavy atom. The summed E-state index contributed by atoms with van der Waals surface area (Å²) in [5.74, 6) is -0.509. The highest BCUT2D eigenvalue weighted by atomic mass is 35.5. The Bertz CT molecular complexity index is 2120. The van der Waals surface area contributed by atoms with Crippen molar-refractivity contribution in [1.29, 1.82) is 0 Å². The third-order valence-corrected chi connectivity index (χ3v) is 10.9. The molecule has 14 heteroatoms. The number of aromatic amines is 1. The van der Waals surface area contributed by atoms with Crippen molar-refractivity contribution in [3.63, 3.8) is 0 Å². The lowest BCUT2D eigenvalue weighted by atomic mass is 10.0. The molecule has 254 valence electrons. The molecule has 2 N–H and O–H groups in total. The highest BCUT2D eigenvalue weighted by Gasteiger charge is 2.39. The van der Waals surface area contributed by atoms with Gasteiger partial charge in [-0.25, -0.2) is 23.5 Å². The molecular formula is C35H33ClF2N6O4S. The van der Waals surface area contributed by atoms with Crippen molar-refractivity contribution in [2.75, 3.05) is 13.7 Å². The molecule has 3 aromatic heterocycles. The minimum absolute atomic E-state index is 0.0120. The summed E-state index contributed by atoms with van der Waals surface area (Å²) in [7, 11) is 1.26. The number of likely N-dealkylation sites (tertiary alicyclic amines) is 1. The Morgan fingerprint density at radius 3 is 2.76 bits per heavy atom. The predicted molar refractivity (Wildman–Crippen MR) is 181 cm³/mol. The number of carbonyl (C=O) groups excluding carboxylic acids is 2. The fourth-order valence-corrected chi connectivity index (χ4v) is 8.20. The van der Waals surface area contributed by atoms with Crippen LogP contribution < -0.4 is 10.1 Å². The van der Waals surface area contributed by atoms with E-state index in [1.54, 1.807) is 46.1 Å². The van der Waals surface area contributed by atoms with Gasteiger partial charge >= 0.3 is 6.09 Å². The minimum atomic E-state index is -0.782. The third-order valence-electron chi connectivity index (χ3n) is 9.52. The molecule has 1 aliphatic carbocycles. The van der Waals surface area contributed by atoms with E-state index < -0.39 is 30.0 Å². The Morgan fingerprint density at radius 1 is 1.18 bits per heavy atom. The number of imidazole rings is 1. The van der Waals surface area contributed by atoms with Crippen LogP contribution in [0.2, 0.25) is 5.02 Å². The van der Waals surface area contributed by atoms with E-state index >= 15 is 8.78 Å². The quantitative estimate of drug-likeness (QED) is 0.178. The van der Waals surface area contributed by atoms with Gasteiger partial charge in [-0.15, -0.1) is 11.3 Å². The summed E-state index contributed by atoms with van der Waals surface area (Å²) in [5.41, 5.74) is 1.50. The molecule has 1 unspecified atom stereocenters. The number of nitrogens with zero attached hydrogens (tertiary/aromatic N) is 4. The first-order valence-corrected chi connectivity index (χ1v) is 17.5. The van der Waals surface area contributed by atoms with Gasteiger partial charge in [0.15, 0.2) is 5.82 Å². The highest BCUT2D eigenvalue weighted by molar-refractivity contribution is 7.11. The number of halogens is 3. The summed E-state index contributed by atoms with van der Waals surface area (Å²) < 4.78 is 45.5. The van der Waals surface area contributed by atoms with Crippen molar-refractivity contribution in [2.24, 2.45) is 5.92 Å². The Labute approximate surface area is 289 Å². The van der Waals surface area contributed by atoms with Crippen LogP contribution in [-0.4, -0.2) is 56.1 Å². The lowest BCUT2D eigenvalue weighted by Crippen LogP contribution is -2.51. The number of methoxy groups -OCH3 is 1. The van der Waals surface area contributed by atoms with Gasteiger partial charge in [-0.1, -0.05) is 25.4 Å². The number of nitrogens with one attached hydrogen (secondary N) is 2. The average Bonchev–Trinajstić information content (AvgIpc) is 3.46. The van der Waals surface area contributed by atoms with E-state index in [1.165, 1.54) is 24.5 Å². The molecule has 2 fully saturated rings. The molecule has 10 nitrogen and oxygen atoms in total. The summed E-state index contributed by atoms with van der Waals surface area (Å²) >= 11 is 7.78. The van der Waals surface area contributed by atoms with E-state index in [4.69, 9.17) is 26.1 Å². The van der Waals surface area contributed by atoms with Gasteiger partial charge in [-0.05, 0) is 61.9 Å². The smallest absolute Gasteiger partial charge is 0.407 e. The van der Waals surface area contributed by atoms with Crippen LogP contribution in [0.3, 0.4) is 0 Å². The maximum absolute atomic E-state index is 16.3. The number of aromatic nitrogens is 4. The summed E-state index contributed by atoms with van der Waals surface area (Å²) in [4.78, 5) is 40.7. The number of carbonyl (C=O) groups is 2. The molecule has 1 saturated heterocycles. The van der Waals surface area contributed by atoms with Crippen molar-refractivity contribution in [3.8, 4) is 28.3 Å². The summed E-state index contributed by atoms with van der Waals surface area (Å²) in [6.45, 7) is 4.21.